The van der Waals surface area contributed by atoms with Gasteiger partial charge >= 0.3 is 0 Å². The molecule has 2 aromatic rings. The second kappa shape index (κ2) is 5.55. The van der Waals surface area contributed by atoms with E-state index in [1.807, 2.05) is 0 Å². The van der Waals surface area contributed by atoms with Crippen molar-refractivity contribution in [2.24, 2.45) is 0 Å². The molecule has 0 aliphatic carbocycles. The van der Waals surface area contributed by atoms with Crippen molar-refractivity contribution in [2.75, 3.05) is 0 Å². The quantitative estimate of drug-likeness (QED) is 0.907. The van der Waals surface area contributed by atoms with Crippen molar-refractivity contribution in [1.29, 1.82) is 0 Å². The van der Waals surface area contributed by atoms with Crippen LogP contribution >= 0.6 is 0 Å². The van der Waals surface area contributed by atoms with Crippen LogP contribution in [0.15, 0.2) is 36.7 Å². The maximum atomic E-state index is 13.5. The van der Waals surface area contributed by atoms with E-state index in [2.05, 4.69) is 4.98 Å². The summed E-state index contributed by atoms with van der Waals surface area (Å²) in [7, 11) is 0. The van der Waals surface area contributed by atoms with Crippen molar-refractivity contribution < 1.29 is 18.6 Å². The molecule has 0 atom stereocenters. The van der Waals surface area contributed by atoms with Gasteiger partial charge in [-0.1, -0.05) is 12.1 Å². The highest BCUT2D eigenvalue weighted by Gasteiger charge is 2.09. The van der Waals surface area contributed by atoms with Crippen LogP contribution in [0.1, 0.15) is 11.1 Å². The van der Waals surface area contributed by atoms with Crippen LogP contribution < -0.4 is 4.74 Å². The zero-order valence-corrected chi connectivity index (χ0v) is 9.44. The molecule has 0 aliphatic heterocycles. The number of halogens is 2. The van der Waals surface area contributed by atoms with E-state index in [1.165, 1.54) is 24.4 Å². The van der Waals surface area contributed by atoms with E-state index in [-0.39, 0.29) is 19.0 Å². The third kappa shape index (κ3) is 2.81. The summed E-state index contributed by atoms with van der Waals surface area (Å²) < 4.78 is 31.6. The highest BCUT2D eigenvalue weighted by atomic mass is 19.1. The second-order valence-electron chi connectivity index (χ2n) is 3.69. The number of rotatable bonds is 4. The minimum atomic E-state index is -0.564. The zero-order chi connectivity index (χ0) is 13.0. The van der Waals surface area contributed by atoms with Crippen molar-refractivity contribution in [1.82, 2.24) is 4.98 Å². The van der Waals surface area contributed by atoms with Gasteiger partial charge in [-0.25, -0.2) is 8.78 Å². The molecule has 0 bridgehead atoms. The molecule has 1 N–H and O–H groups in total. The minimum absolute atomic E-state index is 0.0152. The van der Waals surface area contributed by atoms with Gasteiger partial charge in [0.05, 0.1) is 12.8 Å². The summed E-state index contributed by atoms with van der Waals surface area (Å²) in [6, 6.07) is 5.53. The van der Waals surface area contributed by atoms with Gasteiger partial charge in [0, 0.05) is 17.3 Å². The van der Waals surface area contributed by atoms with E-state index >= 15 is 0 Å². The van der Waals surface area contributed by atoms with Gasteiger partial charge in [0.1, 0.15) is 12.4 Å². The van der Waals surface area contributed by atoms with Crippen molar-refractivity contribution in [3.05, 3.63) is 59.4 Å². The molecule has 3 nitrogen and oxygen atoms in total. The first-order valence-electron chi connectivity index (χ1n) is 5.31. The molecule has 0 unspecified atom stereocenters. The molecule has 18 heavy (non-hydrogen) atoms. The third-order valence-electron chi connectivity index (χ3n) is 2.36. The van der Waals surface area contributed by atoms with Gasteiger partial charge < -0.3 is 9.84 Å². The number of aliphatic hydroxyl groups is 1. The first kappa shape index (κ1) is 12.4. The van der Waals surface area contributed by atoms with Crippen LogP contribution in [-0.2, 0) is 13.2 Å². The first-order chi connectivity index (χ1) is 8.70. The van der Waals surface area contributed by atoms with Gasteiger partial charge in [-0.05, 0) is 12.1 Å². The Balaban J connectivity index is 2.15. The van der Waals surface area contributed by atoms with Gasteiger partial charge in [-0.3, -0.25) is 4.98 Å². The maximum absolute atomic E-state index is 13.5. The predicted molar refractivity (Wildman–Crippen MR) is 60.8 cm³/mol. The maximum Gasteiger partial charge on any atom is 0.165 e. The minimum Gasteiger partial charge on any atom is -0.485 e. The normalized spacial score (nSPS) is 10.4. The van der Waals surface area contributed by atoms with Crippen molar-refractivity contribution in [3.8, 4) is 5.75 Å². The van der Waals surface area contributed by atoms with Gasteiger partial charge in [0.2, 0.25) is 0 Å². The molecule has 0 aliphatic rings. The molecular weight excluding hydrogens is 240 g/mol. The zero-order valence-electron chi connectivity index (χ0n) is 9.44. The highest BCUT2D eigenvalue weighted by molar-refractivity contribution is 5.34. The SMILES string of the molecule is OCc1cccc(F)c1OCc1cncc(F)c1. The topological polar surface area (TPSA) is 42.4 Å². The van der Waals surface area contributed by atoms with Crippen LogP contribution in [0.25, 0.3) is 0 Å². The molecule has 1 aromatic carbocycles. The molecule has 0 radical (unpaired) electrons. The fraction of sp³-hybridized carbons (Fsp3) is 0.154. The number of hydrogen-bond acceptors (Lipinski definition) is 3. The number of ether oxygens (including phenoxy) is 1. The van der Waals surface area contributed by atoms with E-state index in [9.17, 15) is 8.78 Å². The molecular formula is C13H11F2NO2. The Morgan fingerprint density at radius 3 is 2.78 bits per heavy atom. The number of pyridine rings is 1. The van der Waals surface area contributed by atoms with E-state index < -0.39 is 11.6 Å². The molecule has 0 fully saturated rings. The molecule has 94 valence electrons. The fourth-order valence-electron chi connectivity index (χ4n) is 1.53. The molecule has 1 aromatic heterocycles. The lowest BCUT2D eigenvalue weighted by Gasteiger charge is -2.10. The third-order valence-corrected chi connectivity index (χ3v) is 2.36. The molecule has 0 saturated heterocycles. The number of aromatic nitrogens is 1. The predicted octanol–water partition coefficient (Wildman–Crippen LogP) is 2.43. The smallest absolute Gasteiger partial charge is 0.165 e. The number of aliphatic hydroxyl groups excluding tert-OH is 1. The average Bonchev–Trinajstić information content (AvgIpc) is 2.37. The summed E-state index contributed by atoms with van der Waals surface area (Å²) in [5.74, 6) is -1.07. The van der Waals surface area contributed by atoms with Gasteiger partial charge in [0.25, 0.3) is 0 Å². The van der Waals surface area contributed by atoms with Crippen LogP contribution in [0.2, 0.25) is 0 Å². The van der Waals surface area contributed by atoms with Gasteiger partial charge in [-0.15, -0.1) is 0 Å². The summed E-state index contributed by atoms with van der Waals surface area (Å²) in [4.78, 5) is 3.66. The average molecular weight is 251 g/mol. The molecule has 0 saturated carbocycles. The highest BCUT2D eigenvalue weighted by Crippen LogP contribution is 2.23. The van der Waals surface area contributed by atoms with Crippen molar-refractivity contribution in [3.63, 3.8) is 0 Å². The molecule has 0 spiro atoms. The lowest BCUT2D eigenvalue weighted by molar-refractivity contribution is 0.251. The molecule has 1 heterocycles. The van der Waals surface area contributed by atoms with Crippen molar-refractivity contribution >= 4 is 0 Å². The number of nitrogens with zero attached hydrogens (tertiary/aromatic N) is 1. The summed E-state index contributed by atoms with van der Waals surface area (Å²) in [6.07, 6.45) is 2.51. The van der Waals surface area contributed by atoms with Crippen LogP contribution in [0.3, 0.4) is 0 Å². The lowest BCUT2D eigenvalue weighted by Crippen LogP contribution is -2.01. The number of hydrogen-bond donors (Lipinski definition) is 1. The van der Waals surface area contributed by atoms with Crippen molar-refractivity contribution in [2.45, 2.75) is 13.2 Å². The van der Waals surface area contributed by atoms with E-state index in [0.717, 1.165) is 6.20 Å². The molecule has 2 rings (SSSR count). The lowest BCUT2D eigenvalue weighted by atomic mass is 10.2. The Hall–Kier alpha value is -2.01. The fourth-order valence-corrected chi connectivity index (χ4v) is 1.53. The number of benzene rings is 1. The Bertz CT molecular complexity index is 546. The summed E-state index contributed by atoms with van der Waals surface area (Å²) in [5, 5.41) is 9.07. The number of para-hydroxylation sites is 1. The first-order valence-corrected chi connectivity index (χ1v) is 5.31. The van der Waals surface area contributed by atoms with E-state index in [1.54, 1.807) is 6.07 Å². The molecule has 0 amide bonds. The van der Waals surface area contributed by atoms with Crippen LogP contribution in [0.4, 0.5) is 8.78 Å². The van der Waals surface area contributed by atoms with Gasteiger partial charge in [0.15, 0.2) is 11.6 Å². The Kier molecular flexibility index (Phi) is 3.84. The van der Waals surface area contributed by atoms with E-state index in [0.29, 0.717) is 11.1 Å². The Morgan fingerprint density at radius 1 is 1.22 bits per heavy atom. The second-order valence-corrected chi connectivity index (χ2v) is 3.69. The van der Waals surface area contributed by atoms with Crippen LogP contribution in [-0.4, -0.2) is 10.1 Å². The Morgan fingerprint density at radius 2 is 2.06 bits per heavy atom. The standard InChI is InChI=1S/C13H11F2NO2/c14-11-4-9(5-16-6-11)8-18-13-10(7-17)2-1-3-12(13)15/h1-6,17H,7-8H2. The summed E-state index contributed by atoms with van der Waals surface area (Å²) in [5.41, 5.74) is 0.835. The summed E-state index contributed by atoms with van der Waals surface area (Å²) in [6.45, 7) is -0.340. The summed E-state index contributed by atoms with van der Waals surface area (Å²) >= 11 is 0. The van der Waals surface area contributed by atoms with Crippen LogP contribution in [0, 0.1) is 11.6 Å². The largest absolute Gasteiger partial charge is 0.485 e. The Labute approximate surface area is 103 Å². The van der Waals surface area contributed by atoms with E-state index in [4.69, 9.17) is 9.84 Å². The van der Waals surface area contributed by atoms with Gasteiger partial charge in [-0.2, -0.15) is 0 Å². The molecule has 5 heteroatoms. The monoisotopic (exact) mass is 251 g/mol. The van der Waals surface area contributed by atoms with Crippen LogP contribution in [0.5, 0.6) is 5.75 Å².